The standard InChI is InChI=1S/C45H30N4S/c1-29-39(32-16-8-3-9-17-32)42-41(46-40(29)33-24-22-31(23-25-33)30-14-6-2-7-15-30)37-28-36(26-27-38(37)50-42)45-48-43(34-18-10-4-11-19-34)47-44(49-45)35-20-12-5-13-21-35/h2-28H,1H3. The van der Waals surface area contributed by atoms with Gasteiger partial charge in [-0.25, -0.2) is 19.9 Å². The molecule has 0 aliphatic rings. The van der Waals surface area contributed by atoms with E-state index in [0.717, 1.165) is 38.9 Å². The lowest BCUT2D eigenvalue weighted by atomic mass is 9.95. The Bertz CT molecular complexity index is 2560. The molecule has 0 saturated carbocycles. The van der Waals surface area contributed by atoms with Crippen molar-refractivity contribution in [3.63, 3.8) is 0 Å². The van der Waals surface area contributed by atoms with Crippen LogP contribution in [0.15, 0.2) is 164 Å². The minimum Gasteiger partial charge on any atom is -0.246 e. The summed E-state index contributed by atoms with van der Waals surface area (Å²) in [7, 11) is 0. The van der Waals surface area contributed by atoms with Crippen LogP contribution < -0.4 is 0 Å². The van der Waals surface area contributed by atoms with Crippen molar-refractivity contribution in [1.29, 1.82) is 0 Å². The highest BCUT2D eigenvalue weighted by atomic mass is 32.1. The highest BCUT2D eigenvalue weighted by Crippen LogP contribution is 2.44. The van der Waals surface area contributed by atoms with E-state index in [-0.39, 0.29) is 0 Å². The molecule has 9 aromatic rings. The zero-order chi connectivity index (χ0) is 33.4. The molecule has 0 N–H and O–H groups in total. The Kier molecular flexibility index (Phi) is 7.52. The summed E-state index contributed by atoms with van der Waals surface area (Å²) in [5, 5.41) is 1.09. The van der Waals surface area contributed by atoms with Crippen molar-refractivity contribution in [2.24, 2.45) is 0 Å². The van der Waals surface area contributed by atoms with E-state index in [9.17, 15) is 0 Å². The summed E-state index contributed by atoms with van der Waals surface area (Å²) in [5.41, 5.74) is 11.8. The van der Waals surface area contributed by atoms with Gasteiger partial charge in [-0.2, -0.15) is 0 Å². The summed E-state index contributed by atoms with van der Waals surface area (Å²) < 4.78 is 2.35. The van der Waals surface area contributed by atoms with E-state index in [0.29, 0.717) is 17.5 Å². The molecule has 5 heteroatoms. The van der Waals surface area contributed by atoms with E-state index < -0.39 is 0 Å². The highest BCUT2D eigenvalue weighted by molar-refractivity contribution is 7.26. The summed E-state index contributed by atoms with van der Waals surface area (Å²) in [4.78, 5) is 20.4. The van der Waals surface area contributed by atoms with Crippen LogP contribution in [0.25, 0.3) is 88.0 Å². The van der Waals surface area contributed by atoms with Crippen LogP contribution in [-0.2, 0) is 0 Å². The number of benzene rings is 6. The molecule has 3 aromatic heterocycles. The fourth-order valence-electron chi connectivity index (χ4n) is 6.61. The van der Waals surface area contributed by atoms with Crippen LogP contribution in [0.4, 0.5) is 0 Å². The average molecular weight is 659 g/mol. The number of hydrogen-bond acceptors (Lipinski definition) is 5. The molecule has 9 rings (SSSR count). The zero-order valence-electron chi connectivity index (χ0n) is 27.3. The molecule has 0 aliphatic heterocycles. The van der Waals surface area contributed by atoms with E-state index in [4.69, 9.17) is 19.9 Å². The second-order valence-electron chi connectivity index (χ2n) is 12.3. The first-order valence-electron chi connectivity index (χ1n) is 16.6. The predicted molar refractivity (Wildman–Crippen MR) is 208 cm³/mol. The van der Waals surface area contributed by atoms with Crippen molar-refractivity contribution in [3.8, 4) is 67.7 Å². The zero-order valence-corrected chi connectivity index (χ0v) is 28.1. The molecule has 3 heterocycles. The Balaban J connectivity index is 1.25. The molecule has 0 aliphatic carbocycles. The molecule has 0 saturated heterocycles. The van der Waals surface area contributed by atoms with Crippen molar-refractivity contribution in [2.45, 2.75) is 6.92 Å². The minimum absolute atomic E-state index is 0.631. The monoisotopic (exact) mass is 658 g/mol. The molecular weight excluding hydrogens is 629 g/mol. The van der Waals surface area contributed by atoms with Gasteiger partial charge in [0.1, 0.15) is 0 Å². The number of thiophene rings is 1. The van der Waals surface area contributed by atoms with Crippen LogP contribution in [-0.4, -0.2) is 19.9 Å². The maximum absolute atomic E-state index is 5.44. The van der Waals surface area contributed by atoms with Gasteiger partial charge in [0, 0.05) is 37.9 Å². The predicted octanol–water partition coefficient (Wildman–Crippen LogP) is 11.9. The van der Waals surface area contributed by atoms with Crippen molar-refractivity contribution in [3.05, 3.63) is 169 Å². The highest BCUT2D eigenvalue weighted by Gasteiger charge is 2.20. The van der Waals surface area contributed by atoms with E-state index in [1.54, 1.807) is 11.3 Å². The summed E-state index contributed by atoms with van der Waals surface area (Å²) in [5.74, 6) is 1.92. The Labute approximate surface area is 294 Å². The largest absolute Gasteiger partial charge is 0.246 e. The lowest BCUT2D eigenvalue weighted by Crippen LogP contribution is -2.00. The summed E-state index contributed by atoms with van der Waals surface area (Å²) >= 11 is 1.79. The average Bonchev–Trinajstić information content (AvgIpc) is 3.56. The van der Waals surface area contributed by atoms with Gasteiger partial charge in [-0.3, -0.25) is 0 Å². The number of fused-ring (bicyclic) bond motifs is 3. The molecule has 0 fully saturated rings. The van der Waals surface area contributed by atoms with E-state index >= 15 is 0 Å². The van der Waals surface area contributed by atoms with Gasteiger partial charge in [0.25, 0.3) is 0 Å². The quantitative estimate of drug-likeness (QED) is 0.178. The van der Waals surface area contributed by atoms with Gasteiger partial charge >= 0.3 is 0 Å². The number of rotatable bonds is 6. The maximum atomic E-state index is 5.44. The van der Waals surface area contributed by atoms with Gasteiger partial charge in [-0.15, -0.1) is 11.3 Å². The van der Waals surface area contributed by atoms with Gasteiger partial charge in [-0.1, -0.05) is 146 Å². The third-order valence-corrected chi connectivity index (χ3v) is 10.3. The molecule has 0 spiro atoms. The van der Waals surface area contributed by atoms with Crippen molar-refractivity contribution < 1.29 is 0 Å². The maximum Gasteiger partial charge on any atom is 0.164 e. The Hall–Kier alpha value is -6.30. The van der Waals surface area contributed by atoms with E-state index in [1.165, 1.54) is 37.2 Å². The van der Waals surface area contributed by atoms with E-state index in [1.807, 2.05) is 66.7 Å². The first kappa shape index (κ1) is 29.8. The molecule has 50 heavy (non-hydrogen) atoms. The third kappa shape index (κ3) is 5.44. The second kappa shape index (κ2) is 12.6. The van der Waals surface area contributed by atoms with Gasteiger partial charge < -0.3 is 0 Å². The Morgan fingerprint density at radius 2 is 0.840 bits per heavy atom. The van der Waals surface area contributed by atoms with Crippen LogP contribution in [0.5, 0.6) is 0 Å². The number of aromatic nitrogens is 4. The van der Waals surface area contributed by atoms with Crippen molar-refractivity contribution >= 4 is 31.6 Å². The summed E-state index contributed by atoms with van der Waals surface area (Å²) in [6.07, 6.45) is 0. The molecule has 0 radical (unpaired) electrons. The molecule has 0 amide bonds. The lowest BCUT2D eigenvalue weighted by Gasteiger charge is -2.14. The lowest BCUT2D eigenvalue weighted by molar-refractivity contribution is 1.07. The fourth-order valence-corrected chi connectivity index (χ4v) is 7.86. The molecular formula is C45H30N4S. The molecule has 0 atom stereocenters. The van der Waals surface area contributed by atoms with Gasteiger partial charge in [0.05, 0.1) is 15.9 Å². The second-order valence-corrected chi connectivity index (χ2v) is 13.4. The fraction of sp³-hybridized carbons (Fsp3) is 0.0222. The SMILES string of the molecule is Cc1c(-c2ccc(-c3ccccc3)cc2)nc2c(sc3ccc(-c4nc(-c5ccccc5)nc(-c5ccccc5)n4)cc32)c1-c1ccccc1. The number of hydrogen-bond donors (Lipinski definition) is 0. The van der Waals surface area contributed by atoms with Crippen LogP contribution >= 0.6 is 11.3 Å². The van der Waals surface area contributed by atoms with E-state index in [2.05, 4.69) is 104 Å². The first-order valence-corrected chi connectivity index (χ1v) is 17.5. The van der Waals surface area contributed by atoms with Crippen molar-refractivity contribution in [1.82, 2.24) is 19.9 Å². The van der Waals surface area contributed by atoms with Crippen LogP contribution in [0, 0.1) is 6.92 Å². The molecule has 0 bridgehead atoms. The Morgan fingerprint density at radius 1 is 0.400 bits per heavy atom. The molecule has 6 aromatic carbocycles. The van der Waals surface area contributed by atoms with Crippen LogP contribution in [0.1, 0.15) is 5.56 Å². The van der Waals surface area contributed by atoms with Gasteiger partial charge in [0.2, 0.25) is 0 Å². The number of nitrogens with zero attached hydrogens (tertiary/aromatic N) is 4. The smallest absolute Gasteiger partial charge is 0.164 e. The Morgan fingerprint density at radius 3 is 1.40 bits per heavy atom. The molecule has 4 nitrogen and oxygen atoms in total. The van der Waals surface area contributed by atoms with Gasteiger partial charge in [0.15, 0.2) is 17.5 Å². The van der Waals surface area contributed by atoms with Crippen molar-refractivity contribution in [2.75, 3.05) is 0 Å². The topological polar surface area (TPSA) is 51.6 Å². The minimum atomic E-state index is 0.631. The summed E-state index contributed by atoms with van der Waals surface area (Å²) in [6.45, 7) is 2.20. The first-order chi connectivity index (χ1) is 24.7. The summed E-state index contributed by atoms with van der Waals surface area (Å²) in [6, 6.07) is 56.6. The number of pyridine rings is 1. The van der Waals surface area contributed by atoms with Crippen LogP contribution in [0.3, 0.4) is 0 Å². The van der Waals surface area contributed by atoms with Gasteiger partial charge in [-0.05, 0) is 47.4 Å². The molecule has 236 valence electrons. The normalized spacial score (nSPS) is 11.3. The van der Waals surface area contributed by atoms with Crippen LogP contribution in [0.2, 0.25) is 0 Å². The molecule has 0 unspecified atom stereocenters. The third-order valence-electron chi connectivity index (χ3n) is 9.13.